The molecule has 0 radical (unpaired) electrons. The summed E-state index contributed by atoms with van der Waals surface area (Å²) in [6, 6.07) is 13.5. The Morgan fingerprint density at radius 1 is 0.944 bits per heavy atom. The molecule has 2 nitrogen and oxygen atoms in total. The van der Waals surface area contributed by atoms with E-state index in [9.17, 15) is 5.11 Å². The molecule has 2 rings (SSSR count). The SMILES string of the molecule is Cc1cccc(Oc2ccccc2[C@H](C)O)c1C. The van der Waals surface area contributed by atoms with Crippen LogP contribution in [-0.2, 0) is 0 Å². The van der Waals surface area contributed by atoms with Gasteiger partial charge in [-0.15, -0.1) is 0 Å². The molecule has 0 saturated heterocycles. The first kappa shape index (κ1) is 12.7. The van der Waals surface area contributed by atoms with E-state index in [1.165, 1.54) is 5.56 Å². The van der Waals surface area contributed by atoms with Gasteiger partial charge in [0.1, 0.15) is 11.5 Å². The summed E-state index contributed by atoms with van der Waals surface area (Å²) in [5.41, 5.74) is 3.12. The van der Waals surface area contributed by atoms with Crippen LogP contribution in [0.15, 0.2) is 42.5 Å². The van der Waals surface area contributed by atoms with Crippen molar-refractivity contribution in [3.05, 3.63) is 59.2 Å². The van der Waals surface area contributed by atoms with E-state index in [2.05, 4.69) is 13.0 Å². The Morgan fingerprint density at radius 2 is 1.61 bits per heavy atom. The molecule has 0 aliphatic carbocycles. The standard InChI is InChI=1S/C16H18O2/c1-11-7-6-10-15(12(11)2)18-16-9-5-4-8-14(16)13(3)17/h4-10,13,17H,1-3H3/t13-/m0/s1. The lowest BCUT2D eigenvalue weighted by Crippen LogP contribution is -1.97. The summed E-state index contributed by atoms with van der Waals surface area (Å²) < 4.78 is 5.92. The highest BCUT2D eigenvalue weighted by atomic mass is 16.5. The highest BCUT2D eigenvalue weighted by molar-refractivity contribution is 5.44. The molecule has 0 aromatic heterocycles. The molecule has 0 unspecified atom stereocenters. The van der Waals surface area contributed by atoms with Gasteiger partial charge in [0.25, 0.3) is 0 Å². The predicted octanol–water partition coefficient (Wildman–Crippen LogP) is 4.15. The molecule has 0 bridgehead atoms. The van der Waals surface area contributed by atoms with E-state index in [1.807, 2.05) is 43.3 Å². The van der Waals surface area contributed by atoms with Gasteiger partial charge in [-0.1, -0.05) is 30.3 Å². The number of para-hydroxylation sites is 1. The molecule has 0 amide bonds. The molecule has 0 fully saturated rings. The highest BCUT2D eigenvalue weighted by Crippen LogP contribution is 2.31. The van der Waals surface area contributed by atoms with Crippen LogP contribution in [0.2, 0.25) is 0 Å². The van der Waals surface area contributed by atoms with E-state index in [1.54, 1.807) is 6.92 Å². The highest BCUT2D eigenvalue weighted by Gasteiger charge is 2.10. The van der Waals surface area contributed by atoms with E-state index >= 15 is 0 Å². The fourth-order valence-corrected chi connectivity index (χ4v) is 1.87. The van der Waals surface area contributed by atoms with Gasteiger partial charge in [0.15, 0.2) is 0 Å². The van der Waals surface area contributed by atoms with Gasteiger partial charge < -0.3 is 9.84 Å². The van der Waals surface area contributed by atoms with Crippen LogP contribution in [0.25, 0.3) is 0 Å². The molecule has 1 N–H and O–H groups in total. The summed E-state index contributed by atoms with van der Waals surface area (Å²) in [7, 11) is 0. The quantitative estimate of drug-likeness (QED) is 0.876. The average molecular weight is 242 g/mol. The van der Waals surface area contributed by atoms with Crippen LogP contribution in [0.4, 0.5) is 0 Å². The molecule has 0 saturated carbocycles. The first-order chi connectivity index (χ1) is 8.59. The smallest absolute Gasteiger partial charge is 0.133 e. The Labute approximate surface area is 108 Å². The van der Waals surface area contributed by atoms with Crippen LogP contribution in [0, 0.1) is 13.8 Å². The minimum atomic E-state index is -0.536. The van der Waals surface area contributed by atoms with Gasteiger partial charge in [-0.05, 0) is 44.0 Å². The summed E-state index contributed by atoms with van der Waals surface area (Å²) in [5.74, 6) is 1.55. The summed E-state index contributed by atoms with van der Waals surface area (Å²) >= 11 is 0. The fourth-order valence-electron chi connectivity index (χ4n) is 1.87. The Kier molecular flexibility index (Phi) is 3.68. The number of ether oxygens (including phenoxy) is 1. The van der Waals surface area contributed by atoms with E-state index in [-0.39, 0.29) is 0 Å². The monoisotopic (exact) mass is 242 g/mol. The van der Waals surface area contributed by atoms with Crippen LogP contribution in [0.3, 0.4) is 0 Å². The second-order valence-electron chi connectivity index (χ2n) is 4.51. The van der Waals surface area contributed by atoms with Crippen LogP contribution in [0.5, 0.6) is 11.5 Å². The first-order valence-corrected chi connectivity index (χ1v) is 6.10. The number of aryl methyl sites for hydroxylation is 1. The summed E-state index contributed by atoms with van der Waals surface area (Å²) in [4.78, 5) is 0. The lowest BCUT2D eigenvalue weighted by atomic mass is 10.1. The maximum atomic E-state index is 9.73. The van der Waals surface area contributed by atoms with Crippen molar-refractivity contribution in [2.45, 2.75) is 26.9 Å². The minimum absolute atomic E-state index is 0.536. The summed E-state index contributed by atoms with van der Waals surface area (Å²) in [5, 5.41) is 9.73. The molecule has 18 heavy (non-hydrogen) atoms. The second kappa shape index (κ2) is 5.23. The number of hydrogen-bond acceptors (Lipinski definition) is 2. The van der Waals surface area contributed by atoms with Gasteiger partial charge in [-0.3, -0.25) is 0 Å². The van der Waals surface area contributed by atoms with Gasteiger partial charge in [0.05, 0.1) is 6.10 Å². The molecule has 0 spiro atoms. The Morgan fingerprint density at radius 3 is 2.33 bits per heavy atom. The summed E-state index contributed by atoms with van der Waals surface area (Å²) in [6.07, 6.45) is -0.536. The molecule has 0 aliphatic heterocycles. The third kappa shape index (κ3) is 2.54. The van der Waals surface area contributed by atoms with Gasteiger partial charge in [0, 0.05) is 5.56 Å². The number of aliphatic hydroxyl groups is 1. The van der Waals surface area contributed by atoms with Crippen molar-refractivity contribution >= 4 is 0 Å². The van der Waals surface area contributed by atoms with Gasteiger partial charge in [0.2, 0.25) is 0 Å². The molecule has 2 aromatic rings. The van der Waals surface area contributed by atoms with Crippen LogP contribution in [-0.4, -0.2) is 5.11 Å². The first-order valence-electron chi connectivity index (χ1n) is 6.10. The molecular weight excluding hydrogens is 224 g/mol. The zero-order valence-corrected chi connectivity index (χ0v) is 11.0. The lowest BCUT2D eigenvalue weighted by Gasteiger charge is -2.15. The fraction of sp³-hybridized carbons (Fsp3) is 0.250. The number of hydrogen-bond donors (Lipinski definition) is 1. The lowest BCUT2D eigenvalue weighted by molar-refractivity contribution is 0.195. The Hall–Kier alpha value is -1.80. The van der Waals surface area contributed by atoms with Crippen molar-refractivity contribution in [1.82, 2.24) is 0 Å². The third-order valence-corrected chi connectivity index (χ3v) is 3.14. The van der Waals surface area contributed by atoms with Crippen molar-refractivity contribution in [2.24, 2.45) is 0 Å². The molecule has 94 valence electrons. The van der Waals surface area contributed by atoms with E-state index in [0.717, 1.165) is 16.9 Å². The normalized spacial score (nSPS) is 12.2. The Balaban J connectivity index is 2.37. The summed E-state index contributed by atoms with van der Waals surface area (Å²) in [6.45, 7) is 5.84. The maximum Gasteiger partial charge on any atom is 0.133 e. The van der Waals surface area contributed by atoms with Crippen molar-refractivity contribution in [3.63, 3.8) is 0 Å². The number of aliphatic hydroxyl groups excluding tert-OH is 1. The third-order valence-electron chi connectivity index (χ3n) is 3.14. The second-order valence-corrected chi connectivity index (χ2v) is 4.51. The van der Waals surface area contributed by atoms with Crippen molar-refractivity contribution < 1.29 is 9.84 Å². The largest absolute Gasteiger partial charge is 0.457 e. The van der Waals surface area contributed by atoms with Crippen molar-refractivity contribution in [2.75, 3.05) is 0 Å². The van der Waals surface area contributed by atoms with Crippen LogP contribution in [0.1, 0.15) is 29.7 Å². The molecule has 1 atom stereocenters. The van der Waals surface area contributed by atoms with E-state index in [4.69, 9.17) is 4.74 Å². The zero-order chi connectivity index (χ0) is 13.1. The van der Waals surface area contributed by atoms with Crippen LogP contribution >= 0.6 is 0 Å². The van der Waals surface area contributed by atoms with Crippen molar-refractivity contribution in [1.29, 1.82) is 0 Å². The number of rotatable bonds is 3. The maximum absolute atomic E-state index is 9.73. The molecule has 2 heteroatoms. The molecule has 0 heterocycles. The Bertz CT molecular complexity index is 545. The molecular formula is C16H18O2. The minimum Gasteiger partial charge on any atom is -0.457 e. The molecule has 2 aromatic carbocycles. The molecule has 0 aliphatic rings. The van der Waals surface area contributed by atoms with Gasteiger partial charge >= 0.3 is 0 Å². The topological polar surface area (TPSA) is 29.5 Å². The van der Waals surface area contributed by atoms with E-state index in [0.29, 0.717) is 5.75 Å². The van der Waals surface area contributed by atoms with E-state index < -0.39 is 6.10 Å². The predicted molar refractivity (Wildman–Crippen MR) is 73.1 cm³/mol. The average Bonchev–Trinajstić information content (AvgIpc) is 2.35. The zero-order valence-electron chi connectivity index (χ0n) is 11.0. The van der Waals surface area contributed by atoms with Gasteiger partial charge in [-0.2, -0.15) is 0 Å². The van der Waals surface area contributed by atoms with Crippen LogP contribution < -0.4 is 4.74 Å². The van der Waals surface area contributed by atoms with Gasteiger partial charge in [-0.25, -0.2) is 0 Å². The van der Waals surface area contributed by atoms with Crippen molar-refractivity contribution in [3.8, 4) is 11.5 Å². The number of benzene rings is 2.